The van der Waals surface area contributed by atoms with Gasteiger partial charge in [-0.25, -0.2) is 0 Å². The molecule has 3 aliphatic rings. The third-order valence-electron chi connectivity index (χ3n) is 4.56. The SMILES string of the molecule is OC1COc2cc(OC3CCOC4(CCOC4)C3)ccc21. The van der Waals surface area contributed by atoms with Gasteiger partial charge in [0.1, 0.15) is 30.3 Å². The molecule has 0 aromatic heterocycles. The quantitative estimate of drug-likeness (QED) is 0.901. The number of benzene rings is 1. The van der Waals surface area contributed by atoms with Crippen molar-refractivity contribution in [3.05, 3.63) is 23.8 Å². The molecular formula is C16H20O5. The zero-order valence-corrected chi connectivity index (χ0v) is 11.9. The molecule has 2 saturated heterocycles. The lowest BCUT2D eigenvalue weighted by atomic mass is 9.91. The van der Waals surface area contributed by atoms with Crippen LogP contribution in [-0.2, 0) is 9.47 Å². The maximum Gasteiger partial charge on any atom is 0.129 e. The van der Waals surface area contributed by atoms with Crippen LogP contribution in [0.1, 0.15) is 30.9 Å². The highest BCUT2D eigenvalue weighted by molar-refractivity contribution is 5.44. The van der Waals surface area contributed by atoms with E-state index in [1.807, 2.05) is 18.2 Å². The van der Waals surface area contributed by atoms with Crippen molar-refractivity contribution >= 4 is 0 Å². The zero-order valence-electron chi connectivity index (χ0n) is 11.9. The minimum atomic E-state index is -0.518. The first-order chi connectivity index (χ1) is 10.2. The summed E-state index contributed by atoms with van der Waals surface area (Å²) in [7, 11) is 0. The number of rotatable bonds is 2. The van der Waals surface area contributed by atoms with Crippen LogP contribution in [0.3, 0.4) is 0 Å². The highest BCUT2D eigenvalue weighted by atomic mass is 16.6. The third kappa shape index (κ3) is 2.50. The van der Waals surface area contributed by atoms with Gasteiger partial charge < -0.3 is 24.1 Å². The highest BCUT2D eigenvalue weighted by Gasteiger charge is 2.41. The molecule has 21 heavy (non-hydrogen) atoms. The summed E-state index contributed by atoms with van der Waals surface area (Å²) in [5, 5.41) is 9.74. The van der Waals surface area contributed by atoms with Crippen LogP contribution in [0, 0.1) is 0 Å². The van der Waals surface area contributed by atoms with E-state index in [1.54, 1.807) is 0 Å². The van der Waals surface area contributed by atoms with E-state index in [1.165, 1.54) is 0 Å². The average Bonchev–Trinajstić information content (AvgIpc) is 3.07. The van der Waals surface area contributed by atoms with E-state index in [-0.39, 0.29) is 11.7 Å². The molecule has 114 valence electrons. The smallest absolute Gasteiger partial charge is 0.129 e. The minimum Gasteiger partial charge on any atom is -0.490 e. The van der Waals surface area contributed by atoms with Crippen LogP contribution in [0.15, 0.2) is 18.2 Å². The summed E-state index contributed by atoms with van der Waals surface area (Å²) in [6.07, 6.45) is 2.34. The normalized spacial score (nSPS) is 34.7. The summed E-state index contributed by atoms with van der Waals surface area (Å²) in [6, 6.07) is 5.67. The number of aliphatic hydroxyl groups excluding tert-OH is 1. The second-order valence-electron chi connectivity index (χ2n) is 6.09. The summed E-state index contributed by atoms with van der Waals surface area (Å²) in [5.74, 6) is 1.52. The maximum atomic E-state index is 9.74. The summed E-state index contributed by atoms with van der Waals surface area (Å²) in [6.45, 7) is 2.49. The number of fused-ring (bicyclic) bond motifs is 1. The first kappa shape index (κ1) is 13.4. The lowest BCUT2D eigenvalue weighted by Gasteiger charge is -2.37. The predicted octanol–water partition coefficient (Wildman–Crippen LogP) is 1.83. The van der Waals surface area contributed by atoms with Crippen molar-refractivity contribution in [2.75, 3.05) is 26.4 Å². The van der Waals surface area contributed by atoms with Crippen LogP contribution in [-0.4, -0.2) is 43.2 Å². The molecule has 0 saturated carbocycles. The first-order valence-electron chi connectivity index (χ1n) is 7.57. The molecule has 5 nitrogen and oxygen atoms in total. The van der Waals surface area contributed by atoms with Crippen LogP contribution < -0.4 is 9.47 Å². The lowest BCUT2D eigenvalue weighted by molar-refractivity contribution is -0.112. The molecule has 0 amide bonds. The van der Waals surface area contributed by atoms with Gasteiger partial charge in [-0.2, -0.15) is 0 Å². The van der Waals surface area contributed by atoms with Gasteiger partial charge in [0.2, 0.25) is 0 Å². The fraction of sp³-hybridized carbons (Fsp3) is 0.625. The van der Waals surface area contributed by atoms with Crippen LogP contribution >= 0.6 is 0 Å². The standard InChI is InChI=1S/C16H20O5/c17-14-9-19-15-7-11(1-2-13(14)15)21-12-3-5-20-16(8-12)4-6-18-10-16/h1-2,7,12,14,17H,3-6,8-10H2. The van der Waals surface area contributed by atoms with Gasteiger partial charge in [-0.1, -0.05) is 0 Å². The molecule has 4 rings (SSSR count). The first-order valence-corrected chi connectivity index (χ1v) is 7.57. The number of aliphatic hydroxyl groups is 1. The predicted molar refractivity (Wildman–Crippen MR) is 74.7 cm³/mol. The number of hydrogen-bond acceptors (Lipinski definition) is 5. The fourth-order valence-corrected chi connectivity index (χ4v) is 3.39. The molecular weight excluding hydrogens is 272 g/mol. The van der Waals surface area contributed by atoms with Crippen LogP contribution in [0.4, 0.5) is 0 Å². The third-order valence-corrected chi connectivity index (χ3v) is 4.56. The maximum absolute atomic E-state index is 9.74. The van der Waals surface area contributed by atoms with Crippen molar-refractivity contribution in [3.8, 4) is 11.5 Å². The Hall–Kier alpha value is -1.30. The minimum absolute atomic E-state index is 0.143. The number of ether oxygens (including phenoxy) is 4. The van der Waals surface area contributed by atoms with Crippen LogP contribution in [0.25, 0.3) is 0 Å². The Kier molecular flexibility index (Phi) is 3.28. The van der Waals surface area contributed by atoms with Crippen molar-refractivity contribution in [2.24, 2.45) is 0 Å². The molecule has 0 aliphatic carbocycles. The van der Waals surface area contributed by atoms with E-state index >= 15 is 0 Å². The van der Waals surface area contributed by atoms with Gasteiger partial charge in [0, 0.05) is 37.5 Å². The Morgan fingerprint density at radius 2 is 2.24 bits per heavy atom. The largest absolute Gasteiger partial charge is 0.490 e. The Bertz CT molecular complexity index is 523. The fourth-order valence-electron chi connectivity index (χ4n) is 3.39. The van der Waals surface area contributed by atoms with E-state index in [4.69, 9.17) is 18.9 Å². The van der Waals surface area contributed by atoms with Crippen LogP contribution in [0.5, 0.6) is 11.5 Å². The Morgan fingerprint density at radius 3 is 3.10 bits per heavy atom. The molecule has 3 aliphatic heterocycles. The molecule has 1 spiro atoms. The Labute approximate surface area is 123 Å². The van der Waals surface area contributed by atoms with Gasteiger partial charge in [-0.3, -0.25) is 0 Å². The number of hydrogen-bond donors (Lipinski definition) is 1. The molecule has 2 fully saturated rings. The summed E-state index contributed by atoms with van der Waals surface area (Å²) >= 11 is 0. The molecule has 3 atom stereocenters. The second kappa shape index (κ2) is 5.16. The lowest BCUT2D eigenvalue weighted by Crippen LogP contribution is -2.44. The van der Waals surface area contributed by atoms with Gasteiger partial charge in [-0.05, 0) is 12.1 Å². The molecule has 0 radical (unpaired) electrons. The summed E-state index contributed by atoms with van der Waals surface area (Å²) in [5.41, 5.74) is 0.696. The molecule has 3 heterocycles. The van der Waals surface area contributed by atoms with Crippen molar-refractivity contribution in [3.63, 3.8) is 0 Å². The summed E-state index contributed by atoms with van der Waals surface area (Å²) < 4.78 is 23.0. The van der Waals surface area contributed by atoms with E-state index in [0.717, 1.165) is 42.9 Å². The highest BCUT2D eigenvalue weighted by Crippen LogP contribution is 2.38. The molecule has 3 unspecified atom stereocenters. The van der Waals surface area contributed by atoms with Gasteiger partial charge >= 0.3 is 0 Å². The molecule has 5 heteroatoms. The van der Waals surface area contributed by atoms with Gasteiger partial charge in [0.15, 0.2) is 0 Å². The van der Waals surface area contributed by atoms with Crippen molar-refractivity contribution in [2.45, 2.75) is 37.1 Å². The molecule has 1 aromatic rings. The topological polar surface area (TPSA) is 57.2 Å². The monoisotopic (exact) mass is 292 g/mol. The van der Waals surface area contributed by atoms with Crippen molar-refractivity contribution in [1.29, 1.82) is 0 Å². The van der Waals surface area contributed by atoms with Crippen molar-refractivity contribution in [1.82, 2.24) is 0 Å². The average molecular weight is 292 g/mol. The van der Waals surface area contributed by atoms with E-state index in [2.05, 4.69) is 0 Å². The van der Waals surface area contributed by atoms with Crippen molar-refractivity contribution < 1.29 is 24.1 Å². The summed E-state index contributed by atoms with van der Waals surface area (Å²) in [4.78, 5) is 0. The van der Waals surface area contributed by atoms with Gasteiger partial charge in [-0.15, -0.1) is 0 Å². The van der Waals surface area contributed by atoms with Gasteiger partial charge in [0.25, 0.3) is 0 Å². The molecule has 0 bridgehead atoms. The molecule has 1 N–H and O–H groups in total. The van der Waals surface area contributed by atoms with Gasteiger partial charge in [0.05, 0.1) is 18.8 Å². The van der Waals surface area contributed by atoms with E-state index < -0.39 is 6.10 Å². The van der Waals surface area contributed by atoms with E-state index in [0.29, 0.717) is 19.8 Å². The Morgan fingerprint density at radius 1 is 1.29 bits per heavy atom. The molecule has 1 aromatic carbocycles. The van der Waals surface area contributed by atoms with Crippen LogP contribution in [0.2, 0.25) is 0 Å². The Balaban J connectivity index is 1.46. The zero-order chi connectivity index (χ0) is 14.3. The van der Waals surface area contributed by atoms with E-state index in [9.17, 15) is 5.11 Å². The second-order valence-corrected chi connectivity index (χ2v) is 6.09.